The number of rotatable bonds is 1. The first-order valence-electron chi connectivity index (χ1n) is 2.97. The molecule has 45 valence electrons. The van der Waals surface area contributed by atoms with Crippen LogP contribution in [-0.2, 0) is 4.79 Å². The van der Waals surface area contributed by atoms with E-state index in [1.807, 2.05) is 6.92 Å². The van der Waals surface area contributed by atoms with Gasteiger partial charge in [0.15, 0.2) is 0 Å². The van der Waals surface area contributed by atoms with E-state index in [-0.39, 0.29) is 11.8 Å². The third kappa shape index (κ3) is 0.703. The SMILES string of the molecule is CC1CCC1C([NH])=O. The van der Waals surface area contributed by atoms with Crippen LogP contribution in [0, 0.1) is 11.8 Å². The molecule has 2 nitrogen and oxygen atoms in total. The molecule has 0 aliphatic heterocycles. The lowest BCUT2D eigenvalue weighted by Gasteiger charge is -2.30. The molecule has 0 aromatic rings. The molecule has 0 saturated heterocycles. The first kappa shape index (κ1) is 5.60. The van der Waals surface area contributed by atoms with Crippen molar-refractivity contribution < 1.29 is 4.79 Å². The second kappa shape index (κ2) is 1.77. The summed E-state index contributed by atoms with van der Waals surface area (Å²) in [4.78, 5) is 10.3. The number of amides is 1. The summed E-state index contributed by atoms with van der Waals surface area (Å²) in [6, 6.07) is 0. The summed E-state index contributed by atoms with van der Waals surface area (Å²) in [5, 5.41) is 0. The zero-order valence-corrected chi connectivity index (χ0v) is 4.98. The van der Waals surface area contributed by atoms with Crippen molar-refractivity contribution in [3.8, 4) is 0 Å². The van der Waals surface area contributed by atoms with Crippen LogP contribution in [0.15, 0.2) is 0 Å². The summed E-state index contributed by atoms with van der Waals surface area (Å²) in [6.45, 7) is 2.03. The van der Waals surface area contributed by atoms with Crippen LogP contribution in [-0.4, -0.2) is 5.91 Å². The Morgan fingerprint density at radius 1 is 1.62 bits per heavy atom. The first-order chi connectivity index (χ1) is 3.72. The van der Waals surface area contributed by atoms with Gasteiger partial charge in [-0.15, -0.1) is 0 Å². The highest BCUT2D eigenvalue weighted by atomic mass is 16.1. The monoisotopic (exact) mass is 112 g/mol. The van der Waals surface area contributed by atoms with E-state index in [1.54, 1.807) is 0 Å². The fraction of sp³-hybridized carbons (Fsp3) is 0.833. The molecule has 1 rings (SSSR count). The normalized spacial score (nSPS) is 36.1. The number of carbonyl (C=O) groups is 1. The van der Waals surface area contributed by atoms with Gasteiger partial charge in [-0.05, 0) is 18.8 Å². The summed E-state index contributed by atoms with van der Waals surface area (Å²) in [5.41, 5.74) is 6.73. The van der Waals surface area contributed by atoms with E-state index in [2.05, 4.69) is 0 Å². The Morgan fingerprint density at radius 2 is 2.25 bits per heavy atom. The summed E-state index contributed by atoms with van der Waals surface area (Å²) < 4.78 is 0. The van der Waals surface area contributed by atoms with Crippen molar-refractivity contribution in [1.82, 2.24) is 5.73 Å². The van der Waals surface area contributed by atoms with Crippen molar-refractivity contribution in [3.63, 3.8) is 0 Å². The van der Waals surface area contributed by atoms with Crippen molar-refractivity contribution in [2.75, 3.05) is 0 Å². The van der Waals surface area contributed by atoms with Crippen LogP contribution in [0.3, 0.4) is 0 Å². The fourth-order valence-electron chi connectivity index (χ4n) is 1.06. The van der Waals surface area contributed by atoms with Gasteiger partial charge in [0, 0.05) is 5.92 Å². The second-order valence-corrected chi connectivity index (χ2v) is 2.53. The number of hydrogen-bond acceptors (Lipinski definition) is 1. The largest absolute Gasteiger partial charge is 0.273 e. The van der Waals surface area contributed by atoms with Gasteiger partial charge in [0.1, 0.15) is 0 Å². The van der Waals surface area contributed by atoms with Crippen LogP contribution in [0.4, 0.5) is 0 Å². The average molecular weight is 112 g/mol. The maximum Gasteiger partial charge on any atom is 0.241 e. The molecule has 1 amide bonds. The predicted octanol–water partition coefficient (Wildman–Crippen LogP) is 0.842. The van der Waals surface area contributed by atoms with Gasteiger partial charge in [-0.25, -0.2) is 0 Å². The van der Waals surface area contributed by atoms with Gasteiger partial charge in [-0.2, -0.15) is 0 Å². The number of hydrogen-bond donors (Lipinski definition) is 0. The highest BCUT2D eigenvalue weighted by molar-refractivity contribution is 5.76. The van der Waals surface area contributed by atoms with Crippen molar-refractivity contribution >= 4 is 5.91 Å². The fourth-order valence-corrected chi connectivity index (χ4v) is 1.06. The Balaban J connectivity index is 2.37. The minimum Gasteiger partial charge on any atom is -0.273 e. The van der Waals surface area contributed by atoms with Gasteiger partial charge in [0.05, 0.1) is 0 Å². The van der Waals surface area contributed by atoms with Crippen LogP contribution in [0.25, 0.3) is 0 Å². The van der Waals surface area contributed by atoms with E-state index in [0.717, 1.165) is 12.8 Å². The second-order valence-electron chi connectivity index (χ2n) is 2.53. The van der Waals surface area contributed by atoms with E-state index < -0.39 is 0 Å². The molecule has 0 aromatic carbocycles. The summed E-state index contributed by atoms with van der Waals surface area (Å²) in [5.74, 6) is 0.193. The quantitative estimate of drug-likeness (QED) is 0.495. The molecule has 1 aliphatic rings. The third-order valence-electron chi connectivity index (χ3n) is 1.96. The van der Waals surface area contributed by atoms with E-state index in [4.69, 9.17) is 5.73 Å². The molecule has 0 bridgehead atoms. The highest BCUT2D eigenvalue weighted by Gasteiger charge is 2.31. The van der Waals surface area contributed by atoms with E-state index in [9.17, 15) is 4.79 Å². The molecular weight excluding hydrogens is 102 g/mol. The molecule has 1 fully saturated rings. The van der Waals surface area contributed by atoms with Crippen LogP contribution >= 0.6 is 0 Å². The minimum absolute atomic E-state index is 0.0787. The smallest absolute Gasteiger partial charge is 0.241 e. The summed E-state index contributed by atoms with van der Waals surface area (Å²) in [6.07, 6.45) is 2.08. The van der Waals surface area contributed by atoms with Crippen molar-refractivity contribution in [2.45, 2.75) is 19.8 Å². The van der Waals surface area contributed by atoms with Gasteiger partial charge >= 0.3 is 0 Å². The molecule has 1 aliphatic carbocycles. The van der Waals surface area contributed by atoms with Crippen LogP contribution in [0.5, 0.6) is 0 Å². The molecule has 2 atom stereocenters. The molecule has 2 heteroatoms. The van der Waals surface area contributed by atoms with E-state index >= 15 is 0 Å². The van der Waals surface area contributed by atoms with Gasteiger partial charge in [-0.1, -0.05) is 6.92 Å². The number of nitrogens with one attached hydrogen (secondary N) is 1. The zero-order valence-electron chi connectivity index (χ0n) is 4.98. The third-order valence-corrected chi connectivity index (χ3v) is 1.96. The molecule has 0 spiro atoms. The van der Waals surface area contributed by atoms with Crippen LogP contribution in [0.2, 0.25) is 0 Å². The standard InChI is InChI=1S/C6H10NO/c1-4-2-3-5(4)6(7)8/h4-5,7H,2-3H2,1H3. The van der Waals surface area contributed by atoms with Crippen molar-refractivity contribution in [3.05, 3.63) is 0 Å². The minimum atomic E-state index is -0.372. The van der Waals surface area contributed by atoms with E-state index in [0.29, 0.717) is 5.92 Å². The van der Waals surface area contributed by atoms with Crippen LogP contribution in [0.1, 0.15) is 19.8 Å². The van der Waals surface area contributed by atoms with Gasteiger partial charge in [0.25, 0.3) is 0 Å². The zero-order chi connectivity index (χ0) is 6.15. The molecule has 0 aromatic heterocycles. The van der Waals surface area contributed by atoms with E-state index in [1.165, 1.54) is 0 Å². The molecule has 1 saturated carbocycles. The summed E-state index contributed by atoms with van der Waals surface area (Å²) >= 11 is 0. The van der Waals surface area contributed by atoms with Crippen molar-refractivity contribution in [1.29, 1.82) is 0 Å². The first-order valence-corrected chi connectivity index (χ1v) is 2.97. The molecule has 1 N–H and O–H groups in total. The topological polar surface area (TPSA) is 40.9 Å². The molecule has 8 heavy (non-hydrogen) atoms. The Labute approximate surface area is 49.1 Å². The van der Waals surface area contributed by atoms with Gasteiger partial charge < -0.3 is 0 Å². The lowest BCUT2D eigenvalue weighted by atomic mass is 9.75. The van der Waals surface area contributed by atoms with Gasteiger partial charge in [0.2, 0.25) is 5.91 Å². The molecular formula is C6H10NO. The number of carbonyl (C=O) groups excluding carboxylic acids is 1. The van der Waals surface area contributed by atoms with Crippen molar-refractivity contribution in [2.24, 2.45) is 11.8 Å². The van der Waals surface area contributed by atoms with Crippen LogP contribution < -0.4 is 5.73 Å². The Bertz CT molecular complexity index is 111. The molecule has 0 heterocycles. The molecule has 2 unspecified atom stereocenters. The maximum atomic E-state index is 10.3. The van der Waals surface area contributed by atoms with Gasteiger partial charge in [-0.3, -0.25) is 10.5 Å². The Kier molecular flexibility index (Phi) is 1.24. The Morgan fingerprint density at radius 3 is 2.25 bits per heavy atom. The summed E-state index contributed by atoms with van der Waals surface area (Å²) in [7, 11) is 0. The highest BCUT2D eigenvalue weighted by Crippen LogP contribution is 2.33. The maximum absolute atomic E-state index is 10.3. The Hall–Kier alpha value is -0.530. The molecule has 1 radical (unpaired) electrons. The average Bonchev–Trinajstić information content (AvgIpc) is 1.61. The predicted molar refractivity (Wildman–Crippen MR) is 30.0 cm³/mol. The lowest BCUT2D eigenvalue weighted by molar-refractivity contribution is -0.127. The lowest BCUT2D eigenvalue weighted by Crippen LogP contribution is -2.31.